The first kappa shape index (κ1) is 21.1. The molecule has 0 aromatic heterocycles. The Labute approximate surface area is 171 Å². The van der Waals surface area contributed by atoms with E-state index in [4.69, 9.17) is 9.47 Å². The van der Waals surface area contributed by atoms with Crippen LogP contribution in [0.1, 0.15) is 11.1 Å². The third kappa shape index (κ3) is 7.36. The van der Waals surface area contributed by atoms with Gasteiger partial charge in [-0.25, -0.2) is 9.18 Å². The lowest BCUT2D eigenvalue weighted by atomic mass is 10.1. The minimum Gasteiger partial charge on any atom is -0.492 e. The Kier molecular flexibility index (Phi) is 8.27. The molecule has 7 heteroatoms. The summed E-state index contributed by atoms with van der Waals surface area (Å²) in [7, 11) is 0. The van der Waals surface area contributed by atoms with Crippen molar-refractivity contribution < 1.29 is 18.7 Å². The number of halogens is 1. The number of carbonyl (C=O) groups is 1. The highest BCUT2D eigenvalue weighted by Gasteiger charge is 2.10. The SMILES string of the molecule is O=C(NCCc1ccccc1F)NCc1cccc(OCCN2CCOCC2)c1. The molecule has 2 aromatic carbocycles. The fraction of sp³-hybridized carbons (Fsp3) is 0.409. The van der Waals surface area contributed by atoms with E-state index in [0.29, 0.717) is 31.7 Å². The monoisotopic (exact) mass is 401 g/mol. The average molecular weight is 401 g/mol. The summed E-state index contributed by atoms with van der Waals surface area (Å²) in [4.78, 5) is 14.3. The molecule has 1 saturated heterocycles. The summed E-state index contributed by atoms with van der Waals surface area (Å²) in [5, 5.41) is 5.56. The van der Waals surface area contributed by atoms with Crippen LogP contribution in [0.4, 0.5) is 9.18 Å². The highest BCUT2D eigenvalue weighted by molar-refractivity contribution is 5.73. The Bertz CT molecular complexity index is 781. The molecule has 0 bridgehead atoms. The number of nitrogens with zero attached hydrogens (tertiary/aromatic N) is 1. The largest absolute Gasteiger partial charge is 0.492 e. The topological polar surface area (TPSA) is 62.8 Å². The van der Waals surface area contributed by atoms with Gasteiger partial charge in [0.05, 0.1) is 13.2 Å². The van der Waals surface area contributed by atoms with Crippen LogP contribution in [0.25, 0.3) is 0 Å². The van der Waals surface area contributed by atoms with Gasteiger partial charge >= 0.3 is 6.03 Å². The van der Waals surface area contributed by atoms with Gasteiger partial charge in [-0.1, -0.05) is 30.3 Å². The number of morpholine rings is 1. The van der Waals surface area contributed by atoms with Crippen molar-refractivity contribution in [3.8, 4) is 5.75 Å². The molecule has 3 rings (SSSR count). The van der Waals surface area contributed by atoms with E-state index in [1.54, 1.807) is 18.2 Å². The molecule has 1 aliphatic heterocycles. The molecular formula is C22H28FN3O3. The van der Waals surface area contributed by atoms with Gasteiger partial charge in [0.15, 0.2) is 0 Å². The van der Waals surface area contributed by atoms with Gasteiger partial charge in [-0.2, -0.15) is 0 Å². The minimum atomic E-state index is -0.278. The molecule has 0 unspecified atom stereocenters. The van der Waals surface area contributed by atoms with Gasteiger partial charge in [-0.3, -0.25) is 4.90 Å². The lowest BCUT2D eigenvalue weighted by molar-refractivity contribution is 0.0322. The summed E-state index contributed by atoms with van der Waals surface area (Å²) in [6.45, 7) is 5.71. The molecule has 6 nitrogen and oxygen atoms in total. The van der Waals surface area contributed by atoms with Crippen LogP contribution >= 0.6 is 0 Å². The predicted octanol–water partition coefficient (Wildman–Crippen LogP) is 2.58. The Morgan fingerprint density at radius 3 is 2.76 bits per heavy atom. The normalized spacial score (nSPS) is 14.4. The van der Waals surface area contributed by atoms with Crippen molar-refractivity contribution in [3.05, 3.63) is 65.5 Å². The predicted molar refractivity (Wildman–Crippen MR) is 110 cm³/mol. The van der Waals surface area contributed by atoms with Crippen LogP contribution in [0.5, 0.6) is 5.75 Å². The van der Waals surface area contributed by atoms with Crippen molar-refractivity contribution in [2.45, 2.75) is 13.0 Å². The second kappa shape index (κ2) is 11.4. The number of hydrogen-bond donors (Lipinski definition) is 2. The molecule has 1 aliphatic rings. The van der Waals surface area contributed by atoms with E-state index in [0.717, 1.165) is 44.2 Å². The number of urea groups is 1. The molecule has 0 radical (unpaired) electrons. The highest BCUT2D eigenvalue weighted by atomic mass is 19.1. The fourth-order valence-corrected chi connectivity index (χ4v) is 3.12. The van der Waals surface area contributed by atoms with Crippen LogP contribution in [0.3, 0.4) is 0 Å². The standard InChI is InChI=1S/C22H28FN3O3/c23-21-7-2-1-5-19(21)8-9-24-22(27)25-17-18-4-3-6-20(16-18)29-15-12-26-10-13-28-14-11-26/h1-7,16H,8-15,17H2,(H2,24,25,27). The molecule has 1 heterocycles. The molecule has 1 fully saturated rings. The van der Waals surface area contributed by atoms with Crippen molar-refractivity contribution in [3.63, 3.8) is 0 Å². The minimum absolute atomic E-state index is 0.250. The van der Waals surface area contributed by atoms with Crippen LogP contribution in [0.15, 0.2) is 48.5 Å². The van der Waals surface area contributed by atoms with Crippen LogP contribution in [0.2, 0.25) is 0 Å². The number of nitrogens with one attached hydrogen (secondary N) is 2. The van der Waals surface area contributed by atoms with Crippen molar-refractivity contribution >= 4 is 6.03 Å². The first-order valence-corrected chi connectivity index (χ1v) is 9.97. The molecule has 2 aromatic rings. The summed E-state index contributed by atoms with van der Waals surface area (Å²) in [5.74, 6) is 0.540. The maximum Gasteiger partial charge on any atom is 0.315 e. The van der Waals surface area contributed by atoms with E-state index in [2.05, 4.69) is 15.5 Å². The molecule has 0 spiro atoms. The zero-order valence-corrected chi connectivity index (χ0v) is 16.5. The number of carbonyl (C=O) groups excluding carboxylic acids is 1. The first-order chi connectivity index (χ1) is 14.2. The van der Waals surface area contributed by atoms with Gasteiger partial charge in [0.25, 0.3) is 0 Å². The number of ether oxygens (including phenoxy) is 2. The third-order valence-electron chi connectivity index (χ3n) is 4.77. The highest BCUT2D eigenvalue weighted by Crippen LogP contribution is 2.13. The summed E-state index contributed by atoms with van der Waals surface area (Å²) in [6.07, 6.45) is 0.451. The third-order valence-corrected chi connectivity index (χ3v) is 4.77. The molecule has 2 N–H and O–H groups in total. The van der Waals surface area contributed by atoms with Crippen LogP contribution < -0.4 is 15.4 Å². The lowest BCUT2D eigenvalue weighted by Crippen LogP contribution is -2.38. The van der Waals surface area contributed by atoms with Crippen LogP contribution in [-0.2, 0) is 17.7 Å². The van der Waals surface area contributed by atoms with E-state index >= 15 is 0 Å². The number of amides is 2. The summed E-state index contributed by atoms with van der Waals surface area (Å²) in [5.41, 5.74) is 1.55. The van der Waals surface area contributed by atoms with Gasteiger partial charge in [-0.15, -0.1) is 0 Å². The van der Waals surface area contributed by atoms with Crippen molar-refractivity contribution in [2.24, 2.45) is 0 Å². The van der Waals surface area contributed by atoms with E-state index in [-0.39, 0.29) is 11.8 Å². The van der Waals surface area contributed by atoms with Gasteiger partial charge in [0.2, 0.25) is 0 Å². The molecule has 156 valence electrons. The average Bonchev–Trinajstić information content (AvgIpc) is 2.75. The smallest absolute Gasteiger partial charge is 0.315 e. The van der Waals surface area contributed by atoms with E-state index in [9.17, 15) is 9.18 Å². The Hall–Kier alpha value is -2.64. The molecule has 2 amide bonds. The van der Waals surface area contributed by atoms with E-state index < -0.39 is 0 Å². The van der Waals surface area contributed by atoms with Crippen molar-refractivity contribution in [1.82, 2.24) is 15.5 Å². The van der Waals surface area contributed by atoms with Crippen LogP contribution in [0, 0.1) is 5.82 Å². The second-order valence-electron chi connectivity index (χ2n) is 6.90. The molecular weight excluding hydrogens is 373 g/mol. The van der Waals surface area contributed by atoms with E-state index in [1.165, 1.54) is 6.07 Å². The number of rotatable bonds is 9. The van der Waals surface area contributed by atoms with E-state index in [1.807, 2.05) is 24.3 Å². The molecule has 0 saturated carbocycles. The maximum atomic E-state index is 13.6. The fourth-order valence-electron chi connectivity index (χ4n) is 3.12. The first-order valence-electron chi connectivity index (χ1n) is 9.97. The van der Waals surface area contributed by atoms with Gasteiger partial charge in [-0.05, 0) is 35.7 Å². The number of benzene rings is 2. The summed E-state index contributed by atoms with van der Waals surface area (Å²) in [6, 6.07) is 14.0. The quantitative estimate of drug-likeness (QED) is 0.678. The maximum absolute atomic E-state index is 13.6. The van der Waals surface area contributed by atoms with Crippen LogP contribution in [-0.4, -0.2) is 56.9 Å². The lowest BCUT2D eigenvalue weighted by Gasteiger charge is -2.26. The molecule has 0 aliphatic carbocycles. The van der Waals surface area contributed by atoms with Crippen molar-refractivity contribution in [1.29, 1.82) is 0 Å². The Morgan fingerprint density at radius 1 is 1.10 bits per heavy atom. The number of hydrogen-bond acceptors (Lipinski definition) is 4. The molecule has 0 atom stereocenters. The summed E-state index contributed by atoms with van der Waals surface area (Å²) >= 11 is 0. The molecule has 29 heavy (non-hydrogen) atoms. The Balaban J connectivity index is 1.34. The van der Waals surface area contributed by atoms with Gasteiger partial charge < -0.3 is 20.1 Å². The Morgan fingerprint density at radius 2 is 1.93 bits per heavy atom. The zero-order chi connectivity index (χ0) is 20.3. The van der Waals surface area contributed by atoms with Gasteiger partial charge in [0, 0.05) is 32.7 Å². The van der Waals surface area contributed by atoms with Gasteiger partial charge in [0.1, 0.15) is 18.2 Å². The second-order valence-corrected chi connectivity index (χ2v) is 6.90. The summed E-state index contributed by atoms with van der Waals surface area (Å²) < 4.78 is 24.7. The van der Waals surface area contributed by atoms with Crippen molar-refractivity contribution in [2.75, 3.05) is 46.0 Å². The zero-order valence-electron chi connectivity index (χ0n) is 16.5.